The molecule has 0 saturated carbocycles. The van der Waals surface area contributed by atoms with Gasteiger partial charge in [0.25, 0.3) is 5.91 Å². The van der Waals surface area contributed by atoms with Gasteiger partial charge in [0.05, 0.1) is 13.2 Å². The molecule has 2 aromatic carbocycles. The lowest BCUT2D eigenvalue weighted by atomic mass is 9.87. The fraction of sp³-hybridized carbons (Fsp3) is 0.364. The number of benzene rings is 2. The third-order valence-electron chi connectivity index (χ3n) is 4.91. The number of amides is 1. The summed E-state index contributed by atoms with van der Waals surface area (Å²) in [7, 11) is 1.50. The van der Waals surface area contributed by atoms with Gasteiger partial charge in [-0.3, -0.25) is 4.79 Å². The quantitative estimate of drug-likeness (QED) is 0.818. The first-order valence-electron chi connectivity index (χ1n) is 9.23. The molecule has 1 aliphatic rings. The lowest BCUT2D eigenvalue weighted by molar-refractivity contribution is -0.130. The van der Waals surface area contributed by atoms with E-state index in [1.54, 1.807) is 19.1 Å². The number of hydrogen-bond acceptors (Lipinski definition) is 4. The van der Waals surface area contributed by atoms with Gasteiger partial charge in [0.15, 0.2) is 6.10 Å². The Labute approximate surface area is 159 Å². The van der Waals surface area contributed by atoms with Crippen LogP contribution in [-0.4, -0.2) is 25.1 Å². The Hall–Kier alpha value is -2.82. The van der Waals surface area contributed by atoms with Gasteiger partial charge in [0.1, 0.15) is 11.3 Å². The van der Waals surface area contributed by atoms with Gasteiger partial charge in [-0.2, -0.15) is 0 Å². The first-order chi connectivity index (χ1) is 13.0. The molecule has 1 amide bonds. The average Bonchev–Trinajstić information content (AvgIpc) is 2.68. The molecule has 0 fully saturated rings. The number of nitrogens with one attached hydrogen (secondary N) is 1. The number of rotatable bonds is 5. The number of aryl methyl sites for hydroxylation is 2. The molecule has 0 radical (unpaired) electrons. The summed E-state index contributed by atoms with van der Waals surface area (Å²) in [4.78, 5) is 25.1. The number of carbonyl (C=O) groups excluding carboxylic acids is 2. The van der Waals surface area contributed by atoms with Crippen molar-refractivity contribution in [3.8, 4) is 5.75 Å². The van der Waals surface area contributed by atoms with Crippen LogP contribution in [0.3, 0.4) is 0 Å². The van der Waals surface area contributed by atoms with E-state index >= 15 is 0 Å². The van der Waals surface area contributed by atoms with Crippen LogP contribution in [0.1, 0.15) is 52.9 Å². The maximum atomic E-state index is 12.6. The van der Waals surface area contributed by atoms with Crippen molar-refractivity contribution in [2.75, 3.05) is 7.11 Å². The van der Waals surface area contributed by atoms with Crippen molar-refractivity contribution in [3.63, 3.8) is 0 Å². The highest BCUT2D eigenvalue weighted by Gasteiger charge is 2.26. The molecular formula is C22H25NO4. The van der Waals surface area contributed by atoms with Crippen molar-refractivity contribution in [2.45, 2.75) is 45.3 Å². The molecule has 0 unspecified atom stereocenters. The highest BCUT2D eigenvalue weighted by molar-refractivity contribution is 5.95. The number of fused-ring (bicyclic) bond motifs is 1. The van der Waals surface area contributed by atoms with Crippen LogP contribution >= 0.6 is 0 Å². The molecule has 0 saturated heterocycles. The van der Waals surface area contributed by atoms with E-state index in [4.69, 9.17) is 9.47 Å². The standard InChI is InChI=1S/C22H25NO4/c1-14-11-12-20(26-3)18(13-14)22(25)27-15(2)21(24)23-19-10-6-8-16-7-4-5-9-17(16)19/h4-5,7,9,11-13,15,19H,6,8,10H2,1-3H3,(H,23,24)/t15-,19-/m1/s1. The zero-order valence-electron chi connectivity index (χ0n) is 16.0. The van der Waals surface area contributed by atoms with Crippen molar-refractivity contribution < 1.29 is 19.1 Å². The molecule has 0 bridgehead atoms. The van der Waals surface area contributed by atoms with Gasteiger partial charge in [-0.15, -0.1) is 0 Å². The Morgan fingerprint density at radius 2 is 1.96 bits per heavy atom. The van der Waals surface area contributed by atoms with Gasteiger partial charge >= 0.3 is 5.97 Å². The minimum atomic E-state index is -0.892. The normalized spacial score (nSPS) is 16.8. The van der Waals surface area contributed by atoms with Crippen LogP contribution in [0.15, 0.2) is 42.5 Å². The second-order valence-electron chi connectivity index (χ2n) is 6.90. The Morgan fingerprint density at radius 1 is 1.19 bits per heavy atom. The smallest absolute Gasteiger partial charge is 0.342 e. The number of ether oxygens (including phenoxy) is 2. The summed E-state index contributed by atoms with van der Waals surface area (Å²) >= 11 is 0. The predicted octanol–water partition coefficient (Wildman–Crippen LogP) is 3.74. The minimum absolute atomic E-state index is 0.0443. The third kappa shape index (κ3) is 4.30. The molecule has 5 nitrogen and oxygen atoms in total. The van der Waals surface area contributed by atoms with Crippen LogP contribution < -0.4 is 10.1 Å². The molecule has 3 rings (SSSR count). The summed E-state index contributed by atoms with van der Waals surface area (Å²) in [5.41, 5.74) is 3.65. The number of methoxy groups -OCH3 is 1. The van der Waals surface area contributed by atoms with E-state index in [0.717, 1.165) is 30.4 Å². The van der Waals surface area contributed by atoms with Gasteiger partial charge in [-0.1, -0.05) is 35.9 Å². The van der Waals surface area contributed by atoms with Crippen LogP contribution in [0.5, 0.6) is 5.75 Å². The molecule has 0 aromatic heterocycles. The Morgan fingerprint density at radius 3 is 2.74 bits per heavy atom. The SMILES string of the molecule is COc1ccc(C)cc1C(=O)O[C@H](C)C(=O)N[C@@H]1CCCc2ccccc21. The molecule has 2 atom stereocenters. The van der Waals surface area contributed by atoms with Crippen LogP contribution in [-0.2, 0) is 16.0 Å². The van der Waals surface area contributed by atoms with E-state index in [2.05, 4.69) is 11.4 Å². The average molecular weight is 367 g/mol. The number of hydrogen-bond donors (Lipinski definition) is 1. The third-order valence-corrected chi connectivity index (χ3v) is 4.91. The van der Waals surface area contributed by atoms with Crippen molar-refractivity contribution in [1.29, 1.82) is 0 Å². The molecule has 27 heavy (non-hydrogen) atoms. The van der Waals surface area contributed by atoms with E-state index in [0.29, 0.717) is 11.3 Å². The number of esters is 1. The van der Waals surface area contributed by atoms with Crippen LogP contribution in [0.4, 0.5) is 0 Å². The molecule has 0 heterocycles. The molecule has 1 N–H and O–H groups in total. The summed E-state index contributed by atoms with van der Waals surface area (Å²) in [6.45, 7) is 3.47. The summed E-state index contributed by atoms with van der Waals surface area (Å²) in [6.07, 6.45) is 2.04. The fourth-order valence-corrected chi connectivity index (χ4v) is 3.45. The Kier molecular flexibility index (Phi) is 5.79. The minimum Gasteiger partial charge on any atom is -0.496 e. The van der Waals surface area contributed by atoms with Crippen LogP contribution in [0, 0.1) is 6.92 Å². The van der Waals surface area contributed by atoms with E-state index in [1.165, 1.54) is 12.7 Å². The first-order valence-corrected chi connectivity index (χ1v) is 9.23. The summed E-state index contributed by atoms with van der Waals surface area (Å²) < 4.78 is 10.6. The molecule has 5 heteroatoms. The molecule has 0 spiro atoms. The fourth-order valence-electron chi connectivity index (χ4n) is 3.45. The Bertz CT molecular complexity index is 846. The van der Waals surface area contributed by atoms with Gasteiger partial charge in [-0.25, -0.2) is 4.79 Å². The van der Waals surface area contributed by atoms with Gasteiger partial charge in [0, 0.05) is 0 Å². The molecule has 1 aliphatic carbocycles. The highest BCUT2D eigenvalue weighted by Crippen LogP contribution is 2.29. The summed E-state index contributed by atoms with van der Waals surface area (Å²) in [5.74, 6) is -0.432. The second kappa shape index (κ2) is 8.25. The molecule has 2 aromatic rings. The molecular weight excluding hydrogens is 342 g/mol. The summed E-state index contributed by atoms with van der Waals surface area (Å²) in [5, 5.41) is 3.02. The van der Waals surface area contributed by atoms with Crippen molar-refractivity contribution in [2.24, 2.45) is 0 Å². The maximum Gasteiger partial charge on any atom is 0.342 e. The van der Waals surface area contributed by atoms with E-state index < -0.39 is 12.1 Å². The van der Waals surface area contributed by atoms with Crippen molar-refractivity contribution >= 4 is 11.9 Å². The van der Waals surface area contributed by atoms with Gasteiger partial charge < -0.3 is 14.8 Å². The highest BCUT2D eigenvalue weighted by atomic mass is 16.5. The van der Waals surface area contributed by atoms with Gasteiger partial charge in [-0.05, 0) is 56.4 Å². The Balaban J connectivity index is 1.67. The maximum absolute atomic E-state index is 12.6. The zero-order chi connectivity index (χ0) is 19.4. The summed E-state index contributed by atoms with van der Waals surface area (Å²) in [6, 6.07) is 13.4. The lowest BCUT2D eigenvalue weighted by Crippen LogP contribution is -2.39. The second-order valence-corrected chi connectivity index (χ2v) is 6.90. The predicted molar refractivity (Wildman–Crippen MR) is 103 cm³/mol. The van der Waals surface area contributed by atoms with Crippen LogP contribution in [0.2, 0.25) is 0 Å². The monoisotopic (exact) mass is 367 g/mol. The van der Waals surface area contributed by atoms with Crippen molar-refractivity contribution in [1.82, 2.24) is 5.32 Å². The number of carbonyl (C=O) groups is 2. The lowest BCUT2D eigenvalue weighted by Gasteiger charge is -2.27. The van der Waals surface area contributed by atoms with E-state index in [1.807, 2.05) is 31.2 Å². The van der Waals surface area contributed by atoms with Crippen molar-refractivity contribution in [3.05, 3.63) is 64.7 Å². The molecule has 0 aliphatic heterocycles. The molecule has 142 valence electrons. The zero-order valence-corrected chi connectivity index (χ0v) is 16.0. The first kappa shape index (κ1) is 19.0. The van der Waals surface area contributed by atoms with Gasteiger partial charge in [0.2, 0.25) is 0 Å². The van der Waals surface area contributed by atoms with E-state index in [-0.39, 0.29) is 11.9 Å². The largest absolute Gasteiger partial charge is 0.496 e. The topological polar surface area (TPSA) is 64.6 Å². The van der Waals surface area contributed by atoms with E-state index in [9.17, 15) is 9.59 Å². The van der Waals surface area contributed by atoms with Crippen LogP contribution in [0.25, 0.3) is 0 Å².